The second-order valence-corrected chi connectivity index (χ2v) is 3.94. The van der Waals surface area contributed by atoms with Gasteiger partial charge in [-0.15, -0.1) is 0 Å². The average Bonchev–Trinajstić information content (AvgIpc) is 2.64. The Morgan fingerprint density at radius 2 is 2.25 bits per heavy atom. The molecule has 1 atom stereocenters. The van der Waals surface area contributed by atoms with Crippen molar-refractivity contribution in [2.24, 2.45) is 12.8 Å². The molecule has 4 nitrogen and oxygen atoms in total. The van der Waals surface area contributed by atoms with Gasteiger partial charge < -0.3 is 15.4 Å². The van der Waals surface area contributed by atoms with E-state index in [0.717, 1.165) is 28.8 Å². The lowest BCUT2D eigenvalue weighted by molar-refractivity contribution is 0.187. The standard InChI is InChI=1S/C12H17N3O/c1-3-12-14-9-5-4-8(11(16)7-13)6-10(9)15(12)2/h4-6,11,16H,3,7,13H2,1-2H3. The van der Waals surface area contributed by atoms with Crippen LogP contribution in [0.25, 0.3) is 11.0 Å². The van der Waals surface area contributed by atoms with E-state index in [9.17, 15) is 5.11 Å². The fourth-order valence-corrected chi connectivity index (χ4v) is 1.92. The van der Waals surface area contributed by atoms with Crippen LogP contribution in [0, 0.1) is 0 Å². The molecule has 1 aromatic carbocycles. The minimum absolute atomic E-state index is 0.240. The number of fused-ring (bicyclic) bond motifs is 1. The Morgan fingerprint density at radius 1 is 1.50 bits per heavy atom. The van der Waals surface area contributed by atoms with Crippen molar-refractivity contribution in [2.75, 3.05) is 6.54 Å². The molecule has 1 heterocycles. The molecule has 0 saturated carbocycles. The molecule has 4 heteroatoms. The molecule has 0 radical (unpaired) electrons. The van der Waals surface area contributed by atoms with Gasteiger partial charge in [-0.25, -0.2) is 4.98 Å². The van der Waals surface area contributed by atoms with Crippen LogP contribution in [0.15, 0.2) is 18.2 Å². The molecule has 16 heavy (non-hydrogen) atoms. The molecule has 2 aromatic rings. The van der Waals surface area contributed by atoms with Gasteiger partial charge in [0.25, 0.3) is 0 Å². The van der Waals surface area contributed by atoms with E-state index in [4.69, 9.17) is 5.73 Å². The molecule has 0 spiro atoms. The zero-order valence-corrected chi connectivity index (χ0v) is 9.64. The maximum Gasteiger partial charge on any atom is 0.109 e. The zero-order chi connectivity index (χ0) is 11.7. The number of nitrogens with two attached hydrogens (primary N) is 1. The fraction of sp³-hybridized carbons (Fsp3) is 0.417. The molecular formula is C12H17N3O. The average molecular weight is 219 g/mol. The van der Waals surface area contributed by atoms with Gasteiger partial charge in [-0.05, 0) is 17.7 Å². The lowest BCUT2D eigenvalue weighted by Crippen LogP contribution is -2.11. The summed E-state index contributed by atoms with van der Waals surface area (Å²) < 4.78 is 2.06. The Kier molecular flexibility index (Phi) is 2.94. The van der Waals surface area contributed by atoms with Crippen LogP contribution in [0.1, 0.15) is 24.4 Å². The molecule has 0 bridgehead atoms. The van der Waals surface area contributed by atoms with E-state index in [1.807, 2.05) is 25.2 Å². The summed E-state index contributed by atoms with van der Waals surface area (Å²) in [6.45, 7) is 2.32. The normalized spacial score (nSPS) is 13.2. The lowest BCUT2D eigenvalue weighted by Gasteiger charge is -2.08. The third kappa shape index (κ3) is 1.70. The van der Waals surface area contributed by atoms with Crippen LogP contribution < -0.4 is 5.73 Å². The van der Waals surface area contributed by atoms with E-state index in [2.05, 4.69) is 16.5 Å². The van der Waals surface area contributed by atoms with Crippen molar-refractivity contribution in [1.29, 1.82) is 0 Å². The predicted octanol–water partition coefficient (Wildman–Crippen LogP) is 1.13. The van der Waals surface area contributed by atoms with Crippen LogP contribution in [-0.4, -0.2) is 21.2 Å². The number of rotatable bonds is 3. The lowest BCUT2D eigenvalue weighted by atomic mass is 10.1. The molecule has 1 unspecified atom stereocenters. The molecule has 0 amide bonds. The van der Waals surface area contributed by atoms with Crippen LogP contribution in [0.5, 0.6) is 0 Å². The van der Waals surface area contributed by atoms with Gasteiger partial charge in [-0.1, -0.05) is 13.0 Å². The first-order valence-corrected chi connectivity index (χ1v) is 5.50. The number of aliphatic hydroxyl groups is 1. The highest BCUT2D eigenvalue weighted by Gasteiger charge is 2.10. The molecule has 0 fully saturated rings. The smallest absolute Gasteiger partial charge is 0.109 e. The second kappa shape index (κ2) is 4.23. The van der Waals surface area contributed by atoms with Crippen molar-refractivity contribution in [3.63, 3.8) is 0 Å². The Hall–Kier alpha value is -1.39. The number of aliphatic hydroxyl groups excluding tert-OH is 1. The number of aromatic nitrogens is 2. The summed E-state index contributed by atoms with van der Waals surface area (Å²) in [7, 11) is 1.99. The van der Waals surface area contributed by atoms with Gasteiger partial charge in [0.1, 0.15) is 5.82 Å². The Labute approximate surface area is 94.7 Å². The SMILES string of the molecule is CCc1nc2ccc(C(O)CN)cc2n1C. The van der Waals surface area contributed by atoms with E-state index in [-0.39, 0.29) is 6.54 Å². The molecule has 0 saturated heterocycles. The number of hydrogen-bond acceptors (Lipinski definition) is 3. The summed E-state index contributed by atoms with van der Waals surface area (Å²) in [5, 5.41) is 9.69. The minimum Gasteiger partial charge on any atom is -0.387 e. The Morgan fingerprint density at radius 3 is 2.88 bits per heavy atom. The Bertz CT molecular complexity index is 504. The van der Waals surface area contributed by atoms with Crippen LogP contribution in [-0.2, 0) is 13.5 Å². The largest absolute Gasteiger partial charge is 0.387 e. The third-order valence-electron chi connectivity index (χ3n) is 2.92. The number of nitrogens with zero attached hydrogens (tertiary/aromatic N) is 2. The van der Waals surface area contributed by atoms with Gasteiger partial charge in [0.15, 0.2) is 0 Å². The highest BCUT2D eigenvalue weighted by atomic mass is 16.3. The van der Waals surface area contributed by atoms with E-state index < -0.39 is 6.10 Å². The molecule has 0 aliphatic heterocycles. The van der Waals surface area contributed by atoms with E-state index >= 15 is 0 Å². The molecule has 1 aromatic heterocycles. The van der Waals surface area contributed by atoms with E-state index in [0.29, 0.717) is 0 Å². The summed E-state index contributed by atoms with van der Waals surface area (Å²) in [5.74, 6) is 1.05. The van der Waals surface area contributed by atoms with Gasteiger partial charge in [0.05, 0.1) is 17.1 Å². The predicted molar refractivity (Wildman–Crippen MR) is 64.1 cm³/mol. The van der Waals surface area contributed by atoms with Crippen molar-refractivity contribution in [3.05, 3.63) is 29.6 Å². The molecule has 2 rings (SSSR count). The zero-order valence-electron chi connectivity index (χ0n) is 9.64. The van der Waals surface area contributed by atoms with Gasteiger partial charge in [-0.2, -0.15) is 0 Å². The number of benzene rings is 1. The molecular weight excluding hydrogens is 202 g/mol. The fourth-order valence-electron chi connectivity index (χ4n) is 1.92. The van der Waals surface area contributed by atoms with Crippen molar-refractivity contribution in [3.8, 4) is 0 Å². The first kappa shape index (κ1) is 11.1. The summed E-state index contributed by atoms with van der Waals surface area (Å²) >= 11 is 0. The van der Waals surface area contributed by atoms with Gasteiger partial charge >= 0.3 is 0 Å². The summed E-state index contributed by atoms with van der Waals surface area (Å²) in [6, 6.07) is 5.77. The maximum absolute atomic E-state index is 9.69. The minimum atomic E-state index is -0.593. The van der Waals surface area contributed by atoms with Crippen LogP contribution in [0.3, 0.4) is 0 Å². The van der Waals surface area contributed by atoms with Gasteiger partial charge in [0, 0.05) is 20.0 Å². The first-order chi connectivity index (χ1) is 7.67. The molecule has 3 N–H and O–H groups in total. The first-order valence-electron chi connectivity index (χ1n) is 5.50. The second-order valence-electron chi connectivity index (χ2n) is 3.94. The maximum atomic E-state index is 9.69. The molecule has 0 aliphatic carbocycles. The molecule has 0 aliphatic rings. The number of hydrogen-bond donors (Lipinski definition) is 2. The highest BCUT2D eigenvalue weighted by molar-refractivity contribution is 5.77. The van der Waals surface area contributed by atoms with Gasteiger partial charge in [0.2, 0.25) is 0 Å². The van der Waals surface area contributed by atoms with E-state index in [1.54, 1.807) is 0 Å². The van der Waals surface area contributed by atoms with Crippen LogP contribution in [0.4, 0.5) is 0 Å². The summed E-state index contributed by atoms with van der Waals surface area (Å²) in [4.78, 5) is 4.51. The summed E-state index contributed by atoms with van der Waals surface area (Å²) in [6.07, 6.45) is 0.310. The van der Waals surface area contributed by atoms with Crippen molar-refractivity contribution in [2.45, 2.75) is 19.4 Å². The molecule has 86 valence electrons. The quantitative estimate of drug-likeness (QED) is 0.813. The number of aryl methyl sites for hydroxylation is 2. The number of imidazole rings is 1. The highest BCUT2D eigenvalue weighted by Crippen LogP contribution is 2.20. The van der Waals surface area contributed by atoms with E-state index in [1.165, 1.54) is 0 Å². The summed E-state index contributed by atoms with van der Waals surface area (Å²) in [5.41, 5.74) is 8.30. The van der Waals surface area contributed by atoms with Gasteiger partial charge in [-0.3, -0.25) is 0 Å². The van der Waals surface area contributed by atoms with Crippen molar-refractivity contribution in [1.82, 2.24) is 9.55 Å². The van der Waals surface area contributed by atoms with Crippen LogP contribution >= 0.6 is 0 Å². The monoisotopic (exact) mass is 219 g/mol. The topological polar surface area (TPSA) is 64.1 Å². The van der Waals surface area contributed by atoms with Crippen molar-refractivity contribution >= 4 is 11.0 Å². The Balaban J connectivity index is 2.56. The third-order valence-corrected chi connectivity index (χ3v) is 2.92. The van der Waals surface area contributed by atoms with Crippen molar-refractivity contribution < 1.29 is 5.11 Å². The van der Waals surface area contributed by atoms with Crippen LogP contribution in [0.2, 0.25) is 0 Å².